The highest BCUT2D eigenvalue weighted by molar-refractivity contribution is 7.45. The van der Waals surface area contributed by atoms with E-state index in [9.17, 15) is 4.91 Å². The summed E-state index contributed by atoms with van der Waals surface area (Å²) in [5.74, 6) is 6.02. The number of nitrogens with zero attached hydrogens (tertiary/aromatic N) is 3. The van der Waals surface area contributed by atoms with Gasteiger partial charge in [0.2, 0.25) is 6.67 Å². The standard InChI is InChI=1S/C5H8N4OP/c6-8-1-4-5(7-2-11-4)9(10)3-8/h1,11H,2-3,6H2/q+1. The summed E-state index contributed by atoms with van der Waals surface area (Å²) in [6, 6.07) is 0. The number of nitroso groups, excluding NO2 is 1. The highest BCUT2D eigenvalue weighted by Crippen LogP contribution is 2.32. The van der Waals surface area contributed by atoms with Crippen LogP contribution in [0, 0.1) is 4.91 Å². The summed E-state index contributed by atoms with van der Waals surface area (Å²) in [6.07, 6.45) is 2.53. The van der Waals surface area contributed by atoms with Crippen LogP contribution in [-0.4, -0.2) is 28.6 Å². The zero-order valence-electron chi connectivity index (χ0n) is 5.82. The second-order valence-electron chi connectivity index (χ2n) is 2.39. The topological polar surface area (TPSA) is 61.7 Å². The van der Waals surface area contributed by atoms with E-state index in [4.69, 9.17) is 5.84 Å². The number of nitrogens with two attached hydrogens (primary N) is 1. The predicted molar refractivity (Wildman–Crippen MR) is 43.2 cm³/mol. The lowest BCUT2D eigenvalue weighted by atomic mass is 10.4. The monoisotopic (exact) mass is 171 g/mol. The maximum absolute atomic E-state index is 11.1. The summed E-state index contributed by atoms with van der Waals surface area (Å²) < 4.78 is 0.829. The van der Waals surface area contributed by atoms with Gasteiger partial charge in [-0.15, -0.1) is 0 Å². The lowest BCUT2D eigenvalue weighted by Crippen LogP contribution is -2.39. The zero-order valence-corrected chi connectivity index (χ0v) is 6.82. The lowest BCUT2D eigenvalue weighted by Gasteiger charge is -2.14. The van der Waals surface area contributed by atoms with Gasteiger partial charge in [0.1, 0.15) is 0 Å². The number of fused-ring (bicyclic) bond motifs is 1. The SMILES string of the molecule is NN1C=C2PCN=C2[N+](=O)C1. The molecule has 0 radical (unpaired) electrons. The minimum atomic E-state index is 0.187. The summed E-state index contributed by atoms with van der Waals surface area (Å²) >= 11 is 0. The van der Waals surface area contributed by atoms with Crippen LogP contribution in [0.25, 0.3) is 0 Å². The number of hydrogen-bond acceptors (Lipinski definition) is 4. The van der Waals surface area contributed by atoms with Gasteiger partial charge in [-0.1, -0.05) is 9.90 Å². The second kappa shape index (κ2) is 2.36. The first-order valence-electron chi connectivity index (χ1n) is 3.24. The normalized spacial score (nSPS) is 25.2. The van der Waals surface area contributed by atoms with Crippen LogP contribution >= 0.6 is 8.58 Å². The fraction of sp³-hybridized carbons (Fsp3) is 0.400. The fourth-order valence-electron chi connectivity index (χ4n) is 1.10. The Bertz CT molecular complexity index is 272. The van der Waals surface area contributed by atoms with Crippen LogP contribution in [0.5, 0.6) is 0 Å². The van der Waals surface area contributed by atoms with E-state index in [1.54, 1.807) is 6.20 Å². The van der Waals surface area contributed by atoms with E-state index in [0.29, 0.717) is 14.4 Å². The van der Waals surface area contributed by atoms with Crippen molar-refractivity contribution in [3.05, 3.63) is 16.4 Å². The Morgan fingerprint density at radius 1 is 1.82 bits per heavy atom. The van der Waals surface area contributed by atoms with Crippen molar-refractivity contribution in [1.29, 1.82) is 0 Å². The van der Waals surface area contributed by atoms with E-state index >= 15 is 0 Å². The van der Waals surface area contributed by atoms with Crippen LogP contribution in [0.4, 0.5) is 0 Å². The van der Waals surface area contributed by atoms with Crippen LogP contribution < -0.4 is 5.84 Å². The van der Waals surface area contributed by atoms with Crippen molar-refractivity contribution in [1.82, 2.24) is 5.01 Å². The third kappa shape index (κ3) is 1.06. The van der Waals surface area contributed by atoms with Crippen molar-refractivity contribution in [2.75, 3.05) is 13.0 Å². The van der Waals surface area contributed by atoms with Crippen molar-refractivity contribution in [2.45, 2.75) is 0 Å². The molecule has 2 aliphatic rings. The van der Waals surface area contributed by atoms with E-state index in [1.165, 1.54) is 5.01 Å². The molecule has 0 spiro atoms. The molecule has 2 aliphatic heterocycles. The van der Waals surface area contributed by atoms with Crippen LogP contribution in [0.2, 0.25) is 0 Å². The molecular formula is C5H8N4OP+. The van der Waals surface area contributed by atoms with Gasteiger partial charge in [0.25, 0.3) is 0 Å². The second-order valence-corrected chi connectivity index (χ2v) is 3.60. The highest BCUT2D eigenvalue weighted by Gasteiger charge is 2.33. The Hall–Kier alpha value is -0.800. The van der Waals surface area contributed by atoms with Crippen LogP contribution in [0.3, 0.4) is 0 Å². The van der Waals surface area contributed by atoms with Crippen LogP contribution in [-0.2, 0) is 0 Å². The Balaban J connectivity index is 2.39. The molecule has 0 saturated heterocycles. The van der Waals surface area contributed by atoms with Crippen LogP contribution in [0.15, 0.2) is 16.5 Å². The fourth-order valence-corrected chi connectivity index (χ4v) is 2.12. The van der Waals surface area contributed by atoms with Gasteiger partial charge in [-0.2, -0.15) is 0 Å². The molecule has 2 heterocycles. The molecule has 58 valence electrons. The molecule has 0 aromatic carbocycles. The predicted octanol–water partition coefficient (Wildman–Crippen LogP) is -0.198. The first kappa shape index (κ1) is 6.88. The maximum Gasteiger partial charge on any atom is 0.367 e. The Morgan fingerprint density at radius 2 is 2.64 bits per heavy atom. The summed E-state index contributed by atoms with van der Waals surface area (Å²) in [6.45, 7) is 0.187. The molecule has 0 saturated carbocycles. The third-order valence-corrected chi connectivity index (χ3v) is 2.61. The van der Waals surface area contributed by atoms with E-state index in [2.05, 4.69) is 4.99 Å². The van der Waals surface area contributed by atoms with Gasteiger partial charge in [-0.25, -0.2) is 5.84 Å². The van der Waals surface area contributed by atoms with Gasteiger partial charge in [-0.05, 0) is 8.58 Å². The van der Waals surface area contributed by atoms with E-state index < -0.39 is 0 Å². The summed E-state index contributed by atoms with van der Waals surface area (Å²) in [4.78, 5) is 15.2. The first-order valence-corrected chi connectivity index (χ1v) is 4.44. The molecule has 5 nitrogen and oxygen atoms in total. The summed E-state index contributed by atoms with van der Waals surface area (Å²) in [5, 5.41) is 2.37. The molecule has 0 aliphatic carbocycles. The van der Waals surface area contributed by atoms with Gasteiger partial charge in [-0.3, -0.25) is 5.01 Å². The molecule has 2 N–H and O–H groups in total. The van der Waals surface area contributed by atoms with Crippen molar-refractivity contribution in [3.8, 4) is 0 Å². The van der Waals surface area contributed by atoms with Gasteiger partial charge in [0, 0.05) is 11.0 Å². The molecule has 0 aromatic heterocycles. The molecule has 0 fully saturated rings. The number of hydrogen-bond donors (Lipinski definition) is 1. The maximum atomic E-state index is 11.1. The number of amidine groups is 1. The van der Waals surface area contributed by atoms with Gasteiger partial charge in [0.15, 0.2) is 6.29 Å². The molecule has 1 unspecified atom stereocenters. The Kier molecular flexibility index (Phi) is 1.47. The smallest absolute Gasteiger partial charge is 0.275 e. The first-order chi connectivity index (χ1) is 5.27. The summed E-state index contributed by atoms with van der Waals surface area (Å²) in [7, 11) is 0.604. The highest BCUT2D eigenvalue weighted by atomic mass is 31.1. The number of hydrazine groups is 1. The largest absolute Gasteiger partial charge is 0.367 e. The lowest BCUT2D eigenvalue weighted by molar-refractivity contribution is -0.457. The minimum Gasteiger partial charge on any atom is -0.275 e. The van der Waals surface area contributed by atoms with Gasteiger partial charge < -0.3 is 0 Å². The van der Waals surface area contributed by atoms with E-state index in [1.807, 2.05) is 0 Å². The molecule has 2 rings (SSSR count). The van der Waals surface area contributed by atoms with Gasteiger partial charge >= 0.3 is 5.84 Å². The Labute approximate surface area is 65.3 Å². The molecule has 1 atom stereocenters. The molecule has 0 aromatic rings. The number of aliphatic imine (C=N–C) groups is 1. The third-order valence-electron chi connectivity index (χ3n) is 1.56. The average molecular weight is 171 g/mol. The molecule has 11 heavy (non-hydrogen) atoms. The van der Waals surface area contributed by atoms with Crippen LogP contribution in [0.1, 0.15) is 0 Å². The number of rotatable bonds is 0. The molecule has 6 heteroatoms. The molecule has 0 amide bonds. The minimum absolute atomic E-state index is 0.187. The van der Waals surface area contributed by atoms with Crippen molar-refractivity contribution >= 4 is 14.4 Å². The Morgan fingerprint density at radius 3 is 3.45 bits per heavy atom. The van der Waals surface area contributed by atoms with Crippen molar-refractivity contribution < 1.29 is 4.76 Å². The molecule has 0 bridgehead atoms. The summed E-state index contributed by atoms with van der Waals surface area (Å²) in [5.41, 5.74) is 0. The quantitative estimate of drug-likeness (QED) is 0.312. The van der Waals surface area contributed by atoms with E-state index in [0.717, 1.165) is 16.4 Å². The van der Waals surface area contributed by atoms with E-state index in [-0.39, 0.29) is 6.67 Å². The van der Waals surface area contributed by atoms with Crippen molar-refractivity contribution in [3.63, 3.8) is 0 Å². The van der Waals surface area contributed by atoms with Gasteiger partial charge in [0.05, 0.1) is 5.31 Å². The average Bonchev–Trinajstić information content (AvgIpc) is 2.34. The molecular weight excluding hydrogens is 163 g/mol. The van der Waals surface area contributed by atoms with Crippen molar-refractivity contribution in [2.24, 2.45) is 10.8 Å². The zero-order chi connectivity index (χ0) is 7.84.